The first kappa shape index (κ1) is 22.5. The van der Waals surface area contributed by atoms with Crippen LogP contribution in [0.2, 0.25) is 5.02 Å². The second-order valence-electron chi connectivity index (χ2n) is 8.89. The number of nitrogens with one attached hydrogen (secondary N) is 1. The standard InChI is InChI=1S/C25H26ClN3O2S/c1-5-28-21-13-20(26)16(11-18(21)15(2)14-25(28,3)4)12-19-22(30)27-24(32)29(23(19)31)17-9-7-6-8-10-17/h6-13,15H,5,14H2,1-4H3,(H,27,30,32)/b19-12-. The Morgan fingerprint density at radius 1 is 1.22 bits per heavy atom. The normalized spacial score (nSPS) is 21.6. The van der Waals surface area contributed by atoms with Gasteiger partial charge < -0.3 is 4.90 Å². The number of hydrogen-bond acceptors (Lipinski definition) is 4. The van der Waals surface area contributed by atoms with Crippen molar-refractivity contribution in [2.24, 2.45) is 0 Å². The van der Waals surface area contributed by atoms with Gasteiger partial charge in [-0.05, 0) is 86.8 Å². The summed E-state index contributed by atoms with van der Waals surface area (Å²) < 4.78 is 0. The molecule has 2 amide bonds. The van der Waals surface area contributed by atoms with Gasteiger partial charge in [0, 0.05) is 22.8 Å². The molecule has 32 heavy (non-hydrogen) atoms. The average Bonchev–Trinajstić information content (AvgIpc) is 2.72. The molecule has 2 heterocycles. The molecule has 2 aliphatic heterocycles. The van der Waals surface area contributed by atoms with Gasteiger partial charge in [0.25, 0.3) is 11.8 Å². The first-order valence-corrected chi connectivity index (χ1v) is 11.5. The summed E-state index contributed by atoms with van der Waals surface area (Å²) in [6, 6.07) is 13.0. The summed E-state index contributed by atoms with van der Waals surface area (Å²) >= 11 is 11.9. The number of benzene rings is 2. The molecule has 1 atom stereocenters. The van der Waals surface area contributed by atoms with Crippen LogP contribution in [0.4, 0.5) is 11.4 Å². The van der Waals surface area contributed by atoms with Gasteiger partial charge in [0.1, 0.15) is 5.57 Å². The Morgan fingerprint density at radius 2 is 1.91 bits per heavy atom. The molecular formula is C25H26ClN3O2S. The summed E-state index contributed by atoms with van der Waals surface area (Å²) in [5.74, 6) is -0.671. The third kappa shape index (κ3) is 3.82. The smallest absolute Gasteiger partial charge is 0.270 e. The Hall–Kier alpha value is -2.70. The number of nitrogens with zero attached hydrogens (tertiary/aromatic N) is 2. The second kappa shape index (κ2) is 8.34. The highest BCUT2D eigenvalue weighted by Gasteiger charge is 2.37. The number of halogens is 1. The Morgan fingerprint density at radius 3 is 2.56 bits per heavy atom. The van der Waals surface area contributed by atoms with Gasteiger partial charge in [-0.3, -0.25) is 19.8 Å². The Labute approximate surface area is 199 Å². The molecule has 5 nitrogen and oxygen atoms in total. The van der Waals surface area contributed by atoms with E-state index in [0.29, 0.717) is 22.2 Å². The summed E-state index contributed by atoms with van der Waals surface area (Å²) in [6.07, 6.45) is 2.57. The lowest BCUT2D eigenvalue weighted by Crippen LogP contribution is -2.54. The number of rotatable bonds is 3. The van der Waals surface area contributed by atoms with Gasteiger partial charge in [-0.2, -0.15) is 0 Å². The van der Waals surface area contributed by atoms with E-state index in [9.17, 15) is 9.59 Å². The quantitative estimate of drug-likeness (QED) is 0.379. The highest BCUT2D eigenvalue weighted by atomic mass is 35.5. The van der Waals surface area contributed by atoms with Crippen molar-refractivity contribution in [3.05, 3.63) is 64.2 Å². The average molecular weight is 468 g/mol. The maximum Gasteiger partial charge on any atom is 0.270 e. The molecule has 2 aromatic rings. The SMILES string of the molecule is CCN1c2cc(Cl)c(/C=C3/C(=O)NC(=S)N(c4ccccc4)C3=O)cc2C(C)CC1(C)C. The van der Waals surface area contributed by atoms with E-state index in [1.807, 2.05) is 30.3 Å². The molecule has 0 spiro atoms. The predicted octanol–water partition coefficient (Wildman–Crippen LogP) is 5.28. The molecule has 1 unspecified atom stereocenters. The zero-order valence-corrected chi connectivity index (χ0v) is 20.2. The summed E-state index contributed by atoms with van der Waals surface area (Å²) in [5.41, 5.74) is 3.54. The maximum absolute atomic E-state index is 13.3. The number of thiocarbonyl (C=S) groups is 1. The molecular weight excluding hydrogens is 442 g/mol. The van der Waals surface area contributed by atoms with Crippen molar-refractivity contribution in [1.82, 2.24) is 5.32 Å². The highest BCUT2D eigenvalue weighted by molar-refractivity contribution is 7.80. The topological polar surface area (TPSA) is 52.7 Å². The second-order valence-corrected chi connectivity index (χ2v) is 9.68. The predicted molar refractivity (Wildman–Crippen MR) is 134 cm³/mol. The van der Waals surface area contributed by atoms with Gasteiger partial charge in [-0.15, -0.1) is 0 Å². The molecule has 1 N–H and O–H groups in total. The number of para-hydroxylation sites is 1. The lowest BCUT2D eigenvalue weighted by molar-refractivity contribution is -0.122. The van der Waals surface area contributed by atoms with Crippen molar-refractivity contribution in [2.75, 3.05) is 16.3 Å². The fraction of sp³-hybridized carbons (Fsp3) is 0.320. The van der Waals surface area contributed by atoms with Gasteiger partial charge in [-0.25, -0.2) is 0 Å². The van der Waals surface area contributed by atoms with E-state index in [1.54, 1.807) is 18.2 Å². The van der Waals surface area contributed by atoms with E-state index >= 15 is 0 Å². The Kier molecular flexibility index (Phi) is 5.86. The van der Waals surface area contributed by atoms with Crippen LogP contribution in [0, 0.1) is 0 Å². The molecule has 2 aromatic carbocycles. The van der Waals surface area contributed by atoms with Crippen molar-refractivity contribution < 1.29 is 9.59 Å². The van der Waals surface area contributed by atoms with E-state index < -0.39 is 11.8 Å². The first-order valence-electron chi connectivity index (χ1n) is 10.7. The molecule has 0 bridgehead atoms. The lowest BCUT2D eigenvalue weighted by atomic mass is 9.79. The molecule has 0 aromatic heterocycles. The van der Waals surface area contributed by atoms with Crippen molar-refractivity contribution in [1.29, 1.82) is 0 Å². The van der Waals surface area contributed by atoms with Crippen LogP contribution in [0.3, 0.4) is 0 Å². The third-order valence-electron chi connectivity index (χ3n) is 6.24. The van der Waals surface area contributed by atoms with Crippen LogP contribution in [0.1, 0.15) is 51.2 Å². The molecule has 2 aliphatic rings. The zero-order chi connectivity index (χ0) is 23.2. The maximum atomic E-state index is 13.3. The van der Waals surface area contributed by atoms with Crippen LogP contribution in [-0.4, -0.2) is 29.0 Å². The number of anilines is 2. The number of carbonyl (C=O) groups is 2. The minimum absolute atomic E-state index is 0.000410. The largest absolute Gasteiger partial charge is 0.366 e. The van der Waals surface area contributed by atoms with E-state index in [0.717, 1.165) is 18.7 Å². The van der Waals surface area contributed by atoms with Crippen LogP contribution in [0.5, 0.6) is 0 Å². The fourth-order valence-electron chi connectivity index (χ4n) is 4.85. The Bertz CT molecular complexity index is 1140. The van der Waals surface area contributed by atoms with Crippen molar-refractivity contribution in [3.8, 4) is 0 Å². The molecule has 166 valence electrons. The first-order chi connectivity index (χ1) is 15.1. The number of hydrogen-bond donors (Lipinski definition) is 1. The van der Waals surface area contributed by atoms with Gasteiger partial charge in [0.15, 0.2) is 5.11 Å². The van der Waals surface area contributed by atoms with Crippen LogP contribution < -0.4 is 15.1 Å². The Balaban J connectivity index is 1.78. The molecule has 0 saturated carbocycles. The summed E-state index contributed by atoms with van der Waals surface area (Å²) in [5, 5.41) is 3.19. The third-order valence-corrected chi connectivity index (χ3v) is 6.85. The number of carbonyl (C=O) groups excluding carboxylic acids is 2. The van der Waals surface area contributed by atoms with Gasteiger partial charge >= 0.3 is 0 Å². The van der Waals surface area contributed by atoms with E-state index in [1.165, 1.54) is 10.5 Å². The summed E-state index contributed by atoms with van der Waals surface area (Å²) in [4.78, 5) is 29.6. The molecule has 7 heteroatoms. The molecule has 0 aliphatic carbocycles. The van der Waals surface area contributed by atoms with E-state index in [-0.39, 0.29) is 16.2 Å². The summed E-state index contributed by atoms with van der Waals surface area (Å²) in [7, 11) is 0. The number of amides is 2. The monoisotopic (exact) mass is 467 g/mol. The van der Waals surface area contributed by atoms with E-state index in [4.69, 9.17) is 23.8 Å². The molecule has 0 radical (unpaired) electrons. The molecule has 1 saturated heterocycles. The fourth-order valence-corrected chi connectivity index (χ4v) is 5.35. The van der Waals surface area contributed by atoms with Crippen molar-refractivity contribution in [2.45, 2.75) is 45.6 Å². The van der Waals surface area contributed by atoms with Crippen LogP contribution in [0.15, 0.2) is 48.0 Å². The molecule has 1 fully saturated rings. The zero-order valence-electron chi connectivity index (χ0n) is 18.6. The molecule has 4 rings (SSSR count). The number of fused-ring (bicyclic) bond motifs is 1. The van der Waals surface area contributed by atoms with Crippen molar-refractivity contribution >= 4 is 58.2 Å². The van der Waals surface area contributed by atoms with Crippen LogP contribution in [-0.2, 0) is 9.59 Å². The highest BCUT2D eigenvalue weighted by Crippen LogP contribution is 2.45. The van der Waals surface area contributed by atoms with Gasteiger partial charge in [0.2, 0.25) is 0 Å². The minimum atomic E-state index is -0.523. The van der Waals surface area contributed by atoms with E-state index in [2.05, 4.69) is 37.9 Å². The van der Waals surface area contributed by atoms with Crippen molar-refractivity contribution in [3.63, 3.8) is 0 Å². The van der Waals surface area contributed by atoms with Crippen LogP contribution in [0.25, 0.3) is 6.08 Å². The summed E-state index contributed by atoms with van der Waals surface area (Å²) in [6.45, 7) is 9.69. The van der Waals surface area contributed by atoms with Gasteiger partial charge in [-0.1, -0.05) is 36.7 Å². The van der Waals surface area contributed by atoms with Gasteiger partial charge in [0.05, 0.1) is 5.69 Å². The minimum Gasteiger partial charge on any atom is -0.366 e. The van der Waals surface area contributed by atoms with Crippen LogP contribution >= 0.6 is 23.8 Å². The lowest BCUT2D eigenvalue weighted by Gasteiger charge is -2.47.